The molecule has 104 valence electrons. The Bertz CT molecular complexity index is 561. The van der Waals surface area contributed by atoms with E-state index in [2.05, 4.69) is 35.4 Å². The molecule has 1 N–H and O–H groups in total. The van der Waals surface area contributed by atoms with Crippen molar-refractivity contribution >= 4 is 0 Å². The fraction of sp³-hybridized carbons (Fsp3) is 0.353. The van der Waals surface area contributed by atoms with Crippen LogP contribution in [0.2, 0.25) is 0 Å². The Morgan fingerprint density at radius 2 is 2.00 bits per heavy atom. The van der Waals surface area contributed by atoms with E-state index in [1.54, 1.807) is 6.20 Å². The zero-order valence-electron chi connectivity index (χ0n) is 11.8. The highest BCUT2D eigenvalue weighted by Gasteiger charge is 2.19. The van der Waals surface area contributed by atoms with Crippen LogP contribution in [0, 0.1) is 6.92 Å². The number of aromatic nitrogens is 1. The molecule has 0 radical (unpaired) electrons. The molecule has 1 aromatic carbocycles. The Hall–Kier alpha value is -1.87. The minimum absolute atomic E-state index is 0.520. The van der Waals surface area contributed by atoms with E-state index in [1.807, 2.05) is 18.2 Å². The highest BCUT2D eigenvalue weighted by molar-refractivity contribution is 5.28. The van der Waals surface area contributed by atoms with Crippen LogP contribution in [0.4, 0.5) is 0 Å². The number of pyridine rings is 1. The van der Waals surface area contributed by atoms with E-state index in [0.717, 1.165) is 29.6 Å². The second kappa shape index (κ2) is 6.06. The van der Waals surface area contributed by atoms with Crippen molar-refractivity contribution in [2.45, 2.75) is 39.0 Å². The van der Waals surface area contributed by atoms with Gasteiger partial charge in [0.25, 0.3) is 0 Å². The highest BCUT2D eigenvalue weighted by atomic mass is 16.5. The van der Waals surface area contributed by atoms with Crippen LogP contribution in [0.5, 0.6) is 5.75 Å². The number of nitrogens with zero attached hydrogens (tertiary/aromatic N) is 1. The van der Waals surface area contributed by atoms with Gasteiger partial charge in [-0.05, 0) is 49.1 Å². The molecule has 2 aromatic rings. The standard InChI is InChI=1S/C17H20N2O/c1-13-3-2-10-18-17(13)12-20-16-8-4-14(5-9-16)11-19-15-6-7-15/h2-5,8-10,15,19H,6-7,11-12H2,1H3. The Balaban J connectivity index is 1.53. The Labute approximate surface area is 120 Å². The molecule has 0 unspecified atom stereocenters. The summed E-state index contributed by atoms with van der Waals surface area (Å²) in [5.74, 6) is 0.894. The number of hydrogen-bond donors (Lipinski definition) is 1. The number of rotatable bonds is 6. The van der Waals surface area contributed by atoms with E-state index in [4.69, 9.17) is 4.74 Å². The molecule has 0 amide bonds. The van der Waals surface area contributed by atoms with Gasteiger partial charge in [0.05, 0.1) is 5.69 Å². The summed E-state index contributed by atoms with van der Waals surface area (Å²) in [6.45, 7) is 3.52. The average molecular weight is 268 g/mol. The van der Waals surface area contributed by atoms with Crippen molar-refractivity contribution in [3.63, 3.8) is 0 Å². The van der Waals surface area contributed by atoms with E-state index in [9.17, 15) is 0 Å². The summed E-state index contributed by atoms with van der Waals surface area (Å²) < 4.78 is 5.78. The van der Waals surface area contributed by atoms with Gasteiger partial charge < -0.3 is 10.1 Å². The first-order chi connectivity index (χ1) is 9.81. The largest absolute Gasteiger partial charge is 0.487 e. The van der Waals surface area contributed by atoms with Gasteiger partial charge in [0.2, 0.25) is 0 Å². The van der Waals surface area contributed by atoms with Crippen molar-refractivity contribution in [2.75, 3.05) is 0 Å². The van der Waals surface area contributed by atoms with Gasteiger partial charge in [-0.25, -0.2) is 0 Å². The summed E-state index contributed by atoms with van der Waals surface area (Å²) in [5, 5.41) is 3.51. The monoisotopic (exact) mass is 268 g/mol. The zero-order chi connectivity index (χ0) is 13.8. The Morgan fingerprint density at radius 3 is 2.70 bits per heavy atom. The molecule has 3 nitrogen and oxygen atoms in total. The second-order valence-electron chi connectivity index (χ2n) is 5.35. The normalized spacial score (nSPS) is 14.2. The summed E-state index contributed by atoms with van der Waals surface area (Å²) >= 11 is 0. The maximum atomic E-state index is 5.78. The second-order valence-corrected chi connectivity index (χ2v) is 5.35. The summed E-state index contributed by atoms with van der Waals surface area (Å²) in [6.07, 6.45) is 4.45. The van der Waals surface area contributed by atoms with Gasteiger partial charge in [0.15, 0.2) is 0 Å². The van der Waals surface area contributed by atoms with Gasteiger partial charge in [-0.2, -0.15) is 0 Å². The first-order valence-electron chi connectivity index (χ1n) is 7.17. The Morgan fingerprint density at radius 1 is 1.20 bits per heavy atom. The molecule has 0 saturated heterocycles. The van der Waals surface area contributed by atoms with Crippen molar-refractivity contribution in [3.8, 4) is 5.75 Å². The van der Waals surface area contributed by atoms with Gasteiger partial charge in [0, 0.05) is 18.8 Å². The molecule has 0 aliphatic heterocycles. The van der Waals surface area contributed by atoms with Crippen LogP contribution in [0.25, 0.3) is 0 Å². The van der Waals surface area contributed by atoms with Gasteiger partial charge in [-0.1, -0.05) is 18.2 Å². The molecule has 0 bridgehead atoms. The summed E-state index contributed by atoms with van der Waals surface area (Å²) in [4.78, 5) is 4.33. The van der Waals surface area contributed by atoms with E-state index in [0.29, 0.717) is 6.61 Å². The summed E-state index contributed by atoms with van der Waals surface area (Å²) in [7, 11) is 0. The molecular weight excluding hydrogens is 248 g/mol. The summed E-state index contributed by atoms with van der Waals surface area (Å²) in [5.41, 5.74) is 3.46. The van der Waals surface area contributed by atoms with Crippen molar-refractivity contribution < 1.29 is 4.74 Å². The molecule has 1 heterocycles. The molecular formula is C17H20N2O. The zero-order valence-corrected chi connectivity index (χ0v) is 11.8. The average Bonchev–Trinajstić information content (AvgIpc) is 3.30. The Kier molecular flexibility index (Phi) is 3.97. The number of hydrogen-bond acceptors (Lipinski definition) is 3. The van der Waals surface area contributed by atoms with Crippen LogP contribution in [0.1, 0.15) is 29.7 Å². The van der Waals surface area contributed by atoms with Gasteiger partial charge >= 0.3 is 0 Å². The molecule has 1 fully saturated rings. The molecule has 1 aromatic heterocycles. The number of ether oxygens (including phenoxy) is 1. The minimum atomic E-state index is 0.520. The minimum Gasteiger partial charge on any atom is -0.487 e. The molecule has 1 aliphatic carbocycles. The van der Waals surface area contributed by atoms with Gasteiger partial charge in [-0.3, -0.25) is 4.98 Å². The van der Waals surface area contributed by atoms with Crippen LogP contribution in [-0.4, -0.2) is 11.0 Å². The third-order valence-electron chi connectivity index (χ3n) is 3.59. The van der Waals surface area contributed by atoms with Crippen molar-refractivity contribution in [1.29, 1.82) is 0 Å². The predicted molar refractivity (Wildman–Crippen MR) is 79.6 cm³/mol. The van der Waals surface area contributed by atoms with Crippen molar-refractivity contribution in [1.82, 2.24) is 10.3 Å². The van der Waals surface area contributed by atoms with Crippen LogP contribution < -0.4 is 10.1 Å². The lowest BCUT2D eigenvalue weighted by atomic mass is 10.2. The molecule has 0 atom stereocenters. The van der Waals surface area contributed by atoms with Crippen molar-refractivity contribution in [3.05, 3.63) is 59.4 Å². The molecule has 20 heavy (non-hydrogen) atoms. The van der Waals surface area contributed by atoms with Crippen LogP contribution in [-0.2, 0) is 13.2 Å². The quantitative estimate of drug-likeness (QED) is 0.873. The SMILES string of the molecule is Cc1cccnc1COc1ccc(CNC2CC2)cc1. The van der Waals surface area contributed by atoms with E-state index in [1.165, 1.54) is 18.4 Å². The van der Waals surface area contributed by atoms with Crippen LogP contribution in [0.15, 0.2) is 42.6 Å². The van der Waals surface area contributed by atoms with Gasteiger partial charge in [-0.15, -0.1) is 0 Å². The first kappa shape index (κ1) is 13.1. The molecule has 1 saturated carbocycles. The molecule has 1 aliphatic rings. The number of aryl methyl sites for hydroxylation is 1. The van der Waals surface area contributed by atoms with Crippen molar-refractivity contribution in [2.24, 2.45) is 0 Å². The van der Waals surface area contributed by atoms with E-state index in [-0.39, 0.29) is 0 Å². The summed E-state index contributed by atoms with van der Waals surface area (Å²) in [6, 6.07) is 13.0. The molecule has 0 spiro atoms. The predicted octanol–water partition coefficient (Wildman–Crippen LogP) is 3.22. The molecule has 3 rings (SSSR count). The molecule has 3 heteroatoms. The van der Waals surface area contributed by atoms with Crippen LogP contribution in [0.3, 0.4) is 0 Å². The smallest absolute Gasteiger partial charge is 0.130 e. The first-order valence-corrected chi connectivity index (χ1v) is 7.17. The fourth-order valence-corrected chi connectivity index (χ4v) is 2.07. The number of benzene rings is 1. The third kappa shape index (κ3) is 3.58. The fourth-order valence-electron chi connectivity index (χ4n) is 2.07. The van der Waals surface area contributed by atoms with E-state index >= 15 is 0 Å². The highest BCUT2D eigenvalue weighted by Crippen LogP contribution is 2.20. The maximum Gasteiger partial charge on any atom is 0.130 e. The number of nitrogens with one attached hydrogen (secondary N) is 1. The van der Waals surface area contributed by atoms with Crippen LogP contribution >= 0.6 is 0 Å². The third-order valence-corrected chi connectivity index (χ3v) is 3.59. The lowest BCUT2D eigenvalue weighted by molar-refractivity contribution is 0.300. The topological polar surface area (TPSA) is 34.1 Å². The van der Waals surface area contributed by atoms with Gasteiger partial charge in [0.1, 0.15) is 12.4 Å². The maximum absolute atomic E-state index is 5.78. The lowest BCUT2D eigenvalue weighted by Crippen LogP contribution is -2.15. The van der Waals surface area contributed by atoms with E-state index < -0.39 is 0 Å². The lowest BCUT2D eigenvalue weighted by Gasteiger charge is -2.09.